The van der Waals surface area contributed by atoms with E-state index in [1.165, 1.54) is 5.57 Å². The number of pyridine rings is 1. The molecule has 1 saturated heterocycles. The molecule has 1 aromatic carbocycles. The van der Waals surface area contributed by atoms with Crippen molar-refractivity contribution in [1.82, 2.24) is 20.3 Å². The number of hydrogen-bond acceptors (Lipinski definition) is 6. The van der Waals surface area contributed by atoms with E-state index in [4.69, 9.17) is 14.7 Å². The maximum atomic E-state index is 5.63. The van der Waals surface area contributed by atoms with Crippen LogP contribution in [0.4, 0.5) is 0 Å². The van der Waals surface area contributed by atoms with Crippen molar-refractivity contribution in [1.29, 1.82) is 0 Å². The van der Waals surface area contributed by atoms with Crippen LogP contribution in [0.2, 0.25) is 0 Å². The summed E-state index contributed by atoms with van der Waals surface area (Å²) >= 11 is 0. The molecule has 0 bridgehead atoms. The third-order valence-electron chi connectivity index (χ3n) is 6.34. The summed E-state index contributed by atoms with van der Waals surface area (Å²) in [5.74, 6) is 1.97. The van der Waals surface area contributed by atoms with Crippen LogP contribution in [-0.4, -0.2) is 52.9 Å². The van der Waals surface area contributed by atoms with Crippen LogP contribution in [0.25, 0.3) is 11.3 Å². The number of allylic oxidation sites excluding steroid dienone is 5. The van der Waals surface area contributed by atoms with Gasteiger partial charge in [0.05, 0.1) is 36.4 Å². The molecule has 0 amide bonds. The number of hydrogen-bond donors (Lipinski definition) is 1. The van der Waals surface area contributed by atoms with E-state index in [2.05, 4.69) is 83.0 Å². The highest BCUT2D eigenvalue weighted by atomic mass is 16.5. The van der Waals surface area contributed by atoms with Crippen LogP contribution in [0.15, 0.2) is 113 Å². The smallest absolute Gasteiger partial charge is 0.147 e. The molecule has 4 heterocycles. The van der Waals surface area contributed by atoms with E-state index in [0.717, 1.165) is 53.8 Å². The van der Waals surface area contributed by atoms with E-state index in [9.17, 15) is 0 Å². The zero-order valence-electron chi connectivity index (χ0n) is 21.0. The molecule has 1 fully saturated rings. The lowest BCUT2D eigenvalue weighted by Crippen LogP contribution is -2.47. The maximum Gasteiger partial charge on any atom is 0.147 e. The molecule has 0 aliphatic carbocycles. The first kappa shape index (κ1) is 24.0. The molecule has 1 unspecified atom stereocenters. The van der Waals surface area contributed by atoms with Crippen LogP contribution in [-0.2, 0) is 4.74 Å². The lowest BCUT2D eigenvalue weighted by Gasteiger charge is -2.38. The Balaban J connectivity index is 1.53. The van der Waals surface area contributed by atoms with Gasteiger partial charge in [0.2, 0.25) is 0 Å². The highest BCUT2D eigenvalue weighted by Crippen LogP contribution is 2.30. The van der Waals surface area contributed by atoms with E-state index in [1.54, 1.807) is 0 Å². The number of nitrogens with zero attached hydrogens (tertiary/aromatic N) is 4. The summed E-state index contributed by atoms with van der Waals surface area (Å²) in [6, 6.07) is 16.4. The second-order valence-electron chi connectivity index (χ2n) is 8.84. The molecule has 1 aromatic heterocycles. The van der Waals surface area contributed by atoms with Gasteiger partial charge in [-0.3, -0.25) is 0 Å². The van der Waals surface area contributed by atoms with Crippen LogP contribution in [0.3, 0.4) is 0 Å². The highest BCUT2D eigenvalue weighted by molar-refractivity contribution is 6.09. The Morgan fingerprint density at radius 2 is 1.89 bits per heavy atom. The van der Waals surface area contributed by atoms with Crippen LogP contribution in [0.5, 0.6) is 0 Å². The second kappa shape index (κ2) is 11.3. The Hall–Kier alpha value is -3.74. The number of benzene rings is 1. The lowest BCUT2D eigenvalue weighted by molar-refractivity contribution is 0.0366. The monoisotopic (exact) mass is 479 g/mol. The Morgan fingerprint density at radius 1 is 1.08 bits per heavy atom. The summed E-state index contributed by atoms with van der Waals surface area (Å²) in [5.41, 5.74) is 8.62. The molecule has 184 valence electrons. The van der Waals surface area contributed by atoms with Gasteiger partial charge >= 0.3 is 0 Å². The fourth-order valence-corrected chi connectivity index (χ4v) is 4.52. The summed E-state index contributed by atoms with van der Waals surface area (Å²) in [4.78, 5) is 12.4. The van der Waals surface area contributed by atoms with Crippen LogP contribution < -0.4 is 5.43 Å². The highest BCUT2D eigenvalue weighted by Gasteiger charge is 2.33. The van der Waals surface area contributed by atoms with E-state index in [1.807, 2.05) is 37.3 Å². The largest absolute Gasteiger partial charge is 0.378 e. The number of fused-ring (bicyclic) bond motifs is 1. The third-order valence-corrected chi connectivity index (χ3v) is 6.34. The van der Waals surface area contributed by atoms with Gasteiger partial charge in [-0.25, -0.2) is 20.4 Å². The van der Waals surface area contributed by atoms with Crippen molar-refractivity contribution in [3.63, 3.8) is 0 Å². The van der Waals surface area contributed by atoms with Gasteiger partial charge in [0.25, 0.3) is 0 Å². The molecule has 3 aliphatic rings. The molecule has 0 spiro atoms. The Kier molecular flexibility index (Phi) is 7.55. The van der Waals surface area contributed by atoms with Crippen molar-refractivity contribution >= 4 is 5.71 Å². The molecule has 2 aromatic rings. The van der Waals surface area contributed by atoms with Gasteiger partial charge in [-0.1, -0.05) is 73.7 Å². The minimum absolute atomic E-state index is 0.0221. The minimum Gasteiger partial charge on any atom is -0.378 e. The van der Waals surface area contributed by atoms with Gasteiger partial charge in [-0.15, -0.1) is 0 Å². The Morgan fingerprint density at radius 3 is 2.67 bits per heavy atom. The number of ether oxygens (including phenoxy) is 1. The maximum absolute atomic E-state index is 5.63. The number of hydrazine groups is 1. The average molecular weight is 480 g/mol. The number of rotatable bonds is 7. The SMILES string of the molecule is C\C=C/C(=C\C=C\CC)C1C=C2N=C(c3cccc(-c4ccccc4)n3)C=C(N3CCOCC3)N2N1. The molecule has 3 aliphatic heterocycles. The summed E-state index contributed by atoms with van der Waals surface area (Å²) in [7, 11) is 0. The first-order valence-electron chi connectivity index (χ1n) is 12.7. The molecule has 6 nitrogen and oxygen atoms in total. The van der Waals surface area contributed by atoms with Gasteiger partial charge in [0.15, 0.2) is 0 Å². The molecule has 0 radical (unpaired) electrons. The summed E-state index contributed by atoms with van der Waals surface area (Å²) in [6.07, 6.45) is 16.0. The summed E-state index contributed by atoms with van der Waals surface area (Å²) in [6.45, 7) is 7.30. The van der Waals surface area contributed by atoms with Gasteiger partial charge in [-0.2, -0.15) is 0 Å². The standard InChI is InChI=1S/C30H33N5O/c1-3-5-7-12-23(11-4-2)27-21-29-32-28(22-30(35(29)33-27)34-17-19-36-20-18-34)26-16-10-15-25(31-26)24-13-8-6-9-14-24/h4-16,21-22,27,33H,3,17-20H2,1-2H3/b7-5+,11-4-,23-12+. The number of nitrogens with one attached hydrogen (secondary N) is 1. The van der Waals surface area contributed by atoms with E-state index < -0.39 is 0 Å². The fraction of sp³-hybridized carbons (Fsp3) is 0.267. The Bertz CT molecular complexity index is 1250. The average Bonchev–Trinajstić information content (AvgIpc) is 3.37. The van der Waals surface area contributed by atoms with Crippen LogP contribution in [0, 0.1) is 0 Å². The zero-order chi connectivity index (χ0) is 24.7. The van der Waals surface area contributed by atoms with E-state index in [0.29, 0.717) is 13.2 Å². The molecule has 36 heavy (non-hydrogen) atoms. The molecule has 1 N–H and O–H groups in total. The lowest BCUT2D eigenvalue weighted by atomic mass is 10.1. The summed E-state index contributed by atoms with van der Waals surface area (Å²) < 4.78 is 5.63. The molecule has 1 atom stereocenters. The second-order valence-corrected chi connectivity index (χ2v) is 8.84. The number of aromatic nitrogens is 1. The predicted molar refractivity (Wildman–Crippen MR) is 146 cm³/mol. The van der Waals surface area contributed by atoms with Crippen LogP contribution >= 0.6 is 0 Å². The van der Waals surface area contributed by atoms with Gasteiger partial charge < -0.3 is 9.64 Å². The quantitative estimate of drug-likeness (QED) is 0.552. The molecular weight excluding hydrogens is 446 g/mol. The van der Waals surface area contributed by atoms with Crippen molar-refractivity contribution in [2.75, 3.05) is 26.3 Å². The van der Waals surface area contributed by atoms with E-state index >= 15 is 0 Å². The first-order valence-corrected chi connectivity index (χ1v) is 12.7. The van der Waals surface area contributed by atoms with Crippen molar-refractivity contribution in [2.45, 2.75) is 26.3 Å². The molecular formula is C30H33N5O. The minimum atomic E-state index is 0.0221. The van der Waals surface area contributed by atoms with Crippen molar-refractivity contribution in [2.24, 2.45) is 4.99 Å². The van der Waals surface area contributed by atoms with Crippen molar-refractivity contribution in [3.05, 3.63) is 114 Å². The van der Waals surface area contributed by atoms with Crippen LogP contribution in [0.1, 0.15) is 26.0 Å². The predicted octanol–water partition coefficient (Wildman–Crippen LogP) is 5.22. The number of morpholine rings is 1. The number of aliphatic imine (C=N–C) groups is 1. The van der Waals surface area contributed by atoms with Crippen molar-refractivity contribution in [3.8, 4) is 11.3 Å². The molecule has 0 saturated carbocycles. The summed E-state index contributed by atoms with van der Waals surface area (Å²) in [5, 5.41) is 2.11. The molecule has 5 rings (SSSR count). The zero-order valence-corrected chi connectivity index (χ0v) is 21.0. The fourth-order valence-electron chi connectivity index (χ4n) is 4.52. The topological polar surface area (TPSA) is 53.0 Å². The van der Waals surface area contributed by atoms with E-state index in [-0.39, 0.29) is 6.04 Å². The normalized spacial score (nSPS) is 20.6. The first-order chi connectivity index (χ1) is 17.8. The molecule has 6 heteroatoms. The van der Waals surface area contributed by atoms with Crippen molar-refractivity contribution < 1.29 is 4.74 Å². The Labute approximate surface area is 213 Å². The third kappa shape index (κ3) is 5.25. The van der Waals surface area contributed by atoms with Gasteiger partial charge in [-0.05, 0) is 37.1 Å². The van der Waals surface area contributed by atoms with Gasteiger partial charge in [0.1, 0.15) is 11.6 Å². The van der Waals surface area contributed by atoms with Gasteiger partial charge in [0, 0.05) is 24.7 Å².